The zero-order valence-electron chi connectivity index (χ0n) is 9.86. The van der Waals surface area contributed by atoms with Crippen molar-refractivity contribution in [3.8, 4) is 0 Å². The van der Waals surface area contributed by atoms with Gasteiger partial charge in [-0.2, -0.15) is 0 Å². The molecule has 2 aliphatic heterocycles. The standard InChI is InChI=1S/C12H24N2O/c1-13-7-4-5-11(9-13)12-6-2-3-8-14(12)10-15/h11-12,15H,2-10H2,1H3. The number of aliphatic hydroxyl groups excluding tert-OH is 1. The number of rotatable bonds is 2. The minimum Gasteiger partial charge on any atom is -0.381 e. The summed E-state index contributed by atoms with van der Waals surface area (Å²) in [7, 11) is 2.22. The molecule has 2 unspecified atom stereocenters. The highest BCUT2D eigenvalue weighted by molar-refractivity contribution is 4.85. The van der Waals surface area contributed by atoms with Crippen molar-refractivity contribution >= 4 is 0 Å². The summed E-state index contributed by atoms with van der Waals surface area (Å²) in [5.41, 5.74) is 0. The van der Waals surface area contributed by atoms with Gasteiger partial charge >= 0.3 is 0 Å². The molecule has 0 saturated carbocycles. The topological polar surface area (TPSA) is 26.7 Å². The highest BCUT2D eigenvalue weighted by atomic mass is 16.3. The Morgan fingerprint density at radius 2 is 2.00 bits per heavy atom. The van der Waals surface area contributed by atoms with Gasteiger partial charge in [0.2, 0.25) is 0 Å². The zero-order chi connectivity index (χ0) is 10.7. The van der Waals surface area contributed by atoms with Gasteiger partial charge in [-0.05, 0) is 45.2 Å². The second-order valence-electron chi connectivity index (χ2n) is 5.18. The molecule has 0 radical (unpaired) electrons. The Labute approximate surface area is 93.1 Å². The first-order valence-electron chi connectivity index (χ1n) is 6.34. The molecule has 0 aromatic carbocycles. The monoisotopic (exact) mass is 212 g/mol. The summed E-state index contributed by atoms with van der Waals surface area (Å²) < 4.78 is 0. The van der Waals surface area contributed by atoms with Crippen molar-refractivity contribution in [3.05, 3.63) is 0 Å². The van der Waals surface area contributed by atoms with Crippen molar-refractivity contribution in [2.24, 2.45) is 5.92 Å². The van der Waals surface area contributed by atoms with E-state index in [4.69, 9.17) is 0 Å². The van der Waals surface area contributed by atoms with Crippen LogP contribution in [-0.2, 0) is 0 Å². The first-order valence-corrected chi connectivity index (χ1v) is 6.34. The SMILES string of the molecule is CN1CCCC(C2CCCCN2CO)C1. The third-order valence-corrected chi connectivity index (χ3v) is 4.05. The lowest BCUT2D eigenvalue weighted by Gasteiger charge is -2.42. The van der Waals surface area contributed by atoms with E-state index in [9.17, 15) is 5.11 Å². The van der Waals surface area contributed by atoms with Crippen molar-refractivity contribution in [2.45, 2.75) is 38.1 Å². The number of nitrogens with zero attached hydrogens (tertiary/aromatic N) is 2. The minimum atomic E-state index is 0.255. The molecule has 2 fully saturated rings. The first kappa shape index (κ1) is 11.4. The van der Waals surface area contributed by atoms with Crippen LogP contribution in [0, 0.1) is 5.92 Å². The van der Waals surface area contributed by atoms with Gasteiger partial charge in [0, 0.05) is 19.1 Å². The summed E-state index contributed by atoms with van der Waals surface area (Å²) in [6, 6.07) is 0.645. The molecule has 0 bridgehead atoms. The second-order valence-corrected chi connectivity index (χ2v) is 5.18. The summed E-state index contributed by atoms with van der Waals surface area (Å²) in [6.07, 6.45) is 6.59. The smallest absolute Gasteiger partial charge is 0.0959 e. The molecule has 15 heavy (non-hydrogen) atoms. The van der Waals surface area contributed by atoms with Gasteiger partial charge in [0.25, 0.3) is 0 Å². The summed E-state index contributed by atoms with van der Waals surface area (Å²) in [6.45, 7) is 3.83. The summed E-state index contributed by atoms with van der Waals surface area (Å²) in [4.78, 5) is 4.73. The van der Waals surface area contributed by atoms with Gasteiger partial charge in [-0.1, -0.05) is 6.42 Å². The Balaban J connectivity index is 1.94. The van der Waals surface area contributed by atoms with Gasteiger partial charge < -0.3 is 10.0 Å². The number of hydrogen-bond donors (Lipinski definition) is 1. The molecule has 0 spiro atoms. The van der Waals surface area contributed by atoms with E-state index in [0.29, 0.717) is 6.04 Å². The molecule has 2 atom stereocenters. The number of likely N-dealkylation sites (tertiary alicyclic amines) is 2. The third kappa shape index (κ3) is 2.71. The minimum absolute atomic E-state index is 0.255. The Hall–Kier alpha value is -0.120. The molecule has 2 aliphatic rings. The molecular weight excluding hydrogens is 188 g/mol. The Morgan fingerprint density at radius 1 is 1.13 bits per heavy atom. The van der Waals surface area contributed by atoms with Crippen LogP contribution in [0.1, 0.15) is 32.1 Å². The summed E-state index contributed by atoms with van der Waals surface area (Å²) in [5.74, 6) is 0.788. The molecule has 2 rings (SSSR count). The van der Waals surface area contributed by atoms with Crippen LogP contribution in [0.25, 0.3) is 0 Å². The first-order chi connectivity index (χ1) is 7.31. The third-order valence-electron chi connectivity index (χ3n) is 4.05. The molecule has 2 saturated heterocycles. The Kier molecular flexibility index (Phi) is 4.00. The molecule has 0 amide bonds. The van der Waals surface area contributed by atoms with Crippen LogP contribution in [0.2, 0.25) is 0 Å². The van der Waals surface area contributed by atoms with E-state index in [1.54, 1.807) is 0 Å². The number of piperidine rings is 2. The van der Waals surface area contributed by atoms with Crippen molar-refractivity contribution in [1.29, 1.82) is 0 Å². The molecule has 2 heterocycles. The van der Waals surface area contributed by atoms with Gasteiger partial charge in [0.15, 0.2) is 0 Å². The molecule has 3 heteroatoms. The van der Waals surface area contributed by atoms with E-state index >= 15 is 0 Å². The molecule has 0 aromatic heterocycles. The van der Waals surface area contributed by atoms with Crippen LogP contribution in [0.3, 0.4) is 0 Å². The largest absolute Gasteiger partial charge is 0.381 e. The maximum Gasteiger partial charge on any atom is 0.0959 e. The Morgan fingerprint density at radius 3 is 2.73 bits per heavy atom. The average molecular weight is 212 g/mol. The maximum atomic E-state index is 9.37. The fourth-order valence-electron chi connectivity index (χ4n) is 3.25. The van der Waals surface area contributed by atoms with Gasteiger partial charge in [0.05, 0.1) is 6.73 Å². The average Bonchev–Trinajstić information content (AvgIpc) is 2.29. The Bertz CT molecular complexity index is 198. The molecule has 1 N–H and O–H groups in total. The van der Waals surface area contributed by atoms with Crippen molar-refractivity contribution in [2.75, 3.05) is 33.4 Å². The predicted molar refractivity (Wildman–Crippen MR) is 61.7 cm³/mol. The van der Waals surface area contributed by atoms with Crippen LogP contribution < -0.4 is 0 Å². The van der Waals surface area contributed by atoms with Gasteiger partial charge in [-0.3, -0.25) is 4.90 Å². The fourth-order valence-corrected chi connectivity index (χ4v) is 3.25. The van der Waals surface area contributed by atoms with Crippen LogP contribution in [-0.4, -0.2) is 54.4 Å². The molecule has 3 nitrogen and oxygen atoms in total. The lowest BCUT2D eigenvalue weighted by molar-refractivity contribution is 0.00140. The van der Waals surface area contributed by atoms with Gasteiger partial charge in [0.1, 0.15) is 0 Å². The highest BCUT2D eigenvalue weighted by Gasteiger charge is 2.31. The van der Waals surface area contributed by atoms with E-state index in [1.807, 2.05) is 0 Å². The van der Waals surface area contributed by atoms with Crippen molar-refractivity contribution in [3.63, 3.8) is 0 Å². The van der Waals surface area contributed by atoms with Crippen molar-refractivity contribution in [1.82, 2.24) is 9.80 Å². The van der Waals surface area contributed by atoms with Crippen LogP contribution in [0.15, 0.2) is 0 Å². The van der Waals surface area contributed by atoms with E-state index in [2.05, 4.69) is 16.8 Å². The van der Waals surface area contributed by atoms with Gasteiger partial charge in [-0.15, -0.1) is 0 Å². The van der Waals surface area contributed by atoms with Gasteiger partial charge in [-0.25, -0.2) is 0 Å². The van der Waals surface area contributed by atoms with E-state index in [-0.39, 0.29) is 6.73 Å². The van der Waals surface area contributed by atoms with Crippen LogP contribution >= 0.6 is 0 Å². The normalized spacial score (nSPS) is 35.6. The molecule has 0 aromatic rings. The summed E-state index contributed by atoms with van der Waals surface area (Å²) in [5, 5.41) is 9.37. The molecular formula is C12H24N2O. The zero-order valence-corrected chi connectivity index (χ0v) is 9.86. The van der Waals surface area contributed by atoms with E-state index < -0.39 is 0 Å². The molecule has 88 valence electrons. The quantitative estimate of drug-likeness (QED) is 0.743. The van der Waals surface area contributed by atoms with E-state index in [0.717, 1.165) is 12.5 Å². The molecule has 0 aliphatic carbocycles. The summed E-state index contributed by atoms with van der Waals surface area (Å²) >= 11 is 0. The maximum absolute atomic E-state index is 9.37. The fraction of sp³-hybridized carbons (Fsp3) is 1.00. The second kappa shape index (κ2) is 5.28. The number of aliphatic hydroxyl groups is 1. The lowest BCUT2D eigenvalue weighted by Crippen LogP contribution is -2.49. The lowest BCUT2D eigenvalue weighted by atomic mass is 9.85. The van der Waals surface area contributed by atoms with Crippen molar-refractivity contribution < 1.29 is 5.11 Å². The van der Waals surface area contributed by atoms with Crippen LogP contribution in [0.4, 0.5) is 0 Å². The predicted octanol–water partition coefficient (Wildman–Crippen LogP) is 1.13. The van der Waals surface area contributed by atoms with E-state index in [1.165, 1.54) is 45.2 Å². The number of hydrogen-bond acceptors (Lipinski definition) is 3. The van der Waals surface area contributed by atoms with Crippen LogP contribution in [0.5, 0.6) is 0 Å². The highest BCUT2D eigenvalue weighted by Crippen LogP contribution is 2.28.